The highest BCUT2D eigenvalue weighted by atomic mass is 19.2. The van der Waals surface area contributed by atoms with E-state index in [4.69, 9.17) is 0 Å². The average molecular weight is 392 g/mol. The van der Waals surface area contributed by atoms with Crippen molar-refractivity contribution < 1.29 is 13.6 Å². The van der Waals surface area contributed by atoms with Crippen LogP contribution in [0.15, 0.2) is 59.4 Å². The molecule has 146 valence electrons. The van der Waals surface area contributed by atoms with Crippen LogP contribution in [0.25, 0.3) is 16.5 Å². The smallest absolute Gasteiger partial charge is 0.252 e. The quantitative estimate of drug-likeness (QED) is 0.740. The van der Waals surface area contributed by atoms with Crippen LogP contribution in [0.5, 0.6) is 0 Å². The van der Waals surface area contributed by atoms with Gasteiger partial charge < -0.3 is 9.88 Å². The molecule has 2 unspecified atom stereocenters. The van der Waals surface area contributed by atoms with E-state index in [0.717, 1.165) is 23.6 Å². The molecule has 3 aromatic rings. The second kappa shape index (κ2) is 6.65. The lowest BCUT2D eigenvalue weighted by Gasteiger charge is -2.29. The van der Waals surface area contributed by atoms with Gasteiger partial charge in [0.1, 0.15) is 0 Å². The molecule has 6 heteroatoms. The Labute approximate surface area is 165 Å². The predicted octanol–water partition coefficient (Wildman–Crippen LogP) is 3.66. The van der Waals surface area contributed by atoms with E-state index >= 15 is 0 Å². The molecule has 2 atom stereocenters. The summed E-state index contributed by atoms with van der Waals surface area (Å²) in [7, 11) is 0. The van der Waals surface area contributed by atoms with E-state index in [1.165, 1.54) is 12.1 Å². The van der Waals surface area contributed by atoms with Crippen molar-refractivity contribution in [3.63, 3.8) is 0 Å². The number of benzene rings is 2. The fraction of sp³-hybridized carbons (Fsp3) is 0.217. The molecule has 1 aromatic heterocycles. The molecule has 1 aliphatic carbocycles. The number of hydrogen-bond donors (Lipinski definition) is 1. The van der Waals surface area contributed by atoms with E-state index in [0.29, 0.717) is 12.5 Å². The summed E-state index contributed by atoms with van der Waals surface area (Å²) in [6, 6.07) is 13.5. The molecular formula is C23H18F2N2O2. The number of rotatable bonds is 3. The Bertz CT molecular complexity index is 1220. The third kappa shape index (κ3) is 2.95. The van der Waals surface area contributed by atoms with E-state index in [9.17, 15) is 18.4 Å². The minimum Gasteiger partial charge on any atom is -0.335 e. The Balaban J connectivity index is 1.43. The van der Waals surface area contributed by atoms with E-state index in [2.05, 4.69) is 11.1 Å². The number of aromatic nitrogens is 1. The summed E-state index contributed by atoms with van der Waals surface area (Å²) < 4.78 is 27.7. The van der Waals surface area contributed by atoms with E-state index in [1.807, 2.05) is 30.3 Å². The highest BCUT2D eigenvalue weighted by molar-refractivity contribution is 5.86. The second-order valence-electron chi connectivity index (χ2n) is 7.67. The fourth-order valence-corrected chi connectivity index (χ4v) is 4.50. The van der Waals surface area contributed by atoms with Gasteiger partial charge in [-0.3, -0.25) is 9.59 Å². The molecule has 2 aliphatic rings. The first-order chi connectivity index (χ1) is 14.0. The second-order valence-corrected chi connectivity index (χ2v) is 7.67. The van der Waals surface area contributed by atoms with Gasteiger partial charge in [0.15, 0.2) is 11.6 Å². The number of fused-ring (bicyclic) bond motifs is 3. The standard InChI is InChI=1S/C23H18F2N2O2/c24-18-6-7-19-17(22(18)25)10-15(23(29)26-19)11-21(28)27-12-13-8-16(20(27)9-13)14-4-2-1-3-5-14/h1-8,10,13,20H,9,11-12H2,(H,26,29). The van der Waals surface area contributed by atoms with Crippen molar-refractivity contribution >= 4 is 22.4 Å². The van der Waals surface area contributed by atoms with Gasteiger partial charge in [0.25, 0.3) is 5.56 Å². The minimum atomic E-state index is -1.03. The van der Waals surface area contributed by atoms with Crippen LogP contribution >= 0.6 is 0 Å². The maximum absolute atomic E-state index is 14.1. The molecule has 2 heterocycles. The average Bonchev–Trinajstić information content (AvgIpc) is 3.34. The van der Waals surface area contributed by atoms with Gasteiger partial charge in [-0.1, -0.05) is 36.4 Å². The molecule has 0 spiro atoms. The monoisotopic (exact) mass is 392 g/mol. The Hall–Kier alpha value is -3.28. The molecule has 2 bridgehead atoms. The molecule has 0 saturated carbocycles. The summed E-state index contributed by atoms with van der Waals surface area (Å²) in [5.74, 6) is -1.89. The Morgan fingerprint density at radius 2 is 1.93 bits per heavy atom. The van der Waals surface area contributed by atoms with Crippen molar-refractivity contribution in [2.45, 2.75) is 18.9 Å². The molecule has 1 saturated heterocycles. The zero-order chi connectivity index (χ0) is 20.1. The normalized spacial score (nSPS) is 20.3. The van der Waals surface area contributed by atoms with Crippen molar-refractivity contribution in [2.75, 3.05) is 6.54 Å². The molecule has 1 N–H and O–H groups in total. The largest absolute Gasteiger partial charge is 0.335 e. The highest BCUT2D eigenvalue weighted by Crippen LogP contribution is 2.41. The molecule has 2 aromatic carbocycles. The van der Waals surface area contributed by atoms with E-state index in [-0.39, 0.29) is 34.8 Å². The number of likely N-dealkylation sites (tertiary alicyclic amines) is 1. The number of carbonyl (C=O) groups is 1. The lowest BCUT2D eigenvalue weighted by Crippen LogP contribution is -2.39. The summed E-state index contributed by atoms with van der Waals surface area (Å²) in [5, 5.41) is -0.0276. The Morgan fingerprint density at radius 3 is 2.69 bits per heavy atom. The van der Waals surface area contributed by atoms with Crippen molar-refractivity contribution in [1.29, 1.82) is 0 Å². The van der Waals surface area contributed by atoms with Gasteiger partial charge in [-0.15, -0.1) is 0 Å². The zero-order valence-corrected chi connectivity index (χ0v) is 15.5. The van der Waals surface area contributed by atoms with Crippen molar-refractivity contribution in [3.8, 4) is 0 Å². The molecular weight excluding hydrogens is 374 g/mol. The van der Waals surface area contributed by atoms with Gasteiger partial charge in [-0.25, -0.2) is 8.78 Å². The number of H-pyrrole nitrogens is 1. The van der Waals surface area contributed by atoms with Crippen molar-refractivity contribution in [1.82, 2.24) is 9.88 Å². The third-order valence-corrected chi connectivity index (χ3v) is 5.87. The summed E-state index contributed by atoms with van der Waals surface area (Å²) in [6.45, 7) is 0.619. The number of aromatic amines is 1. The van der Waals surface area contributed by atoms with Crippen LogP contribution in [-0.4, -0.2) is 28.4 Å². The first-order valence-corrected chi connectivity index (χ1v) is 9.58. The lowest BCUT2D eigenvalue weighted by molar-refractivity contribution is -0.130. The summed E-state index contributed by atoms with van der Waals surface area (Å²) in [6.07, 6.45) is 2.96. The molecule has 1 fully saturated rings. The van der Waals surface area contributed by atoms with Crippen LogP contribution in [0.2, 0.25) is 0 Å². The first-order valence-electron chi connectivity index (χ1n) is 9.58. The molecule has 4 nitrogen and oxygen atoms in total. The number of nitrogens with one attached hydrogen (secondary N) is 1. The molecule has 1 amide bonds. The minimum absolute atomic E-state index is 0.0105. The van der Waals surface area contributed by atoms with Crippen LogP contribution in [0.4, 0.5) is 8.78 Å². The van der Waals surface area contributed by atoms with Gasteiger partial charge >= 0.3 is 0 Å². The van der Waals surface area contributed by atoms with Crippen molar-refractivity contribution in [2.24, 2.45) is 5.92 Å². The van der Waals surface area contributed by atoms with Crippen molar-refractivity contribution in [3.05, 3.63) is 87.7 Å². The zero-order valence-electron chi connectivity index (χ0n) is 15.5. The number of amides is 1. The SMILES string of the molecule is O=C(Cc1cc2c(F)c(F)ccc2[nH]c1=O)N1CC2C=C(c3ccccc3)C1C2. The van der Waals surface area contributed by atoms with Crippen LogP contribution in [0.1, 0.15) is 17.5 Å². The molecule has 1 aliphatic heterocycles. The van der Waals surface area contributed by atoms with E-state index < -0.39 is 17.2 Å². The number of pyridine rings is 1. The maximum atomic E-state index is 14.1. The van der Waals surface area contributed by atoms with Crippen LogP contribution in [0.3, 0.4) is 0 Å². The summed E-state index contributed by atoms with van der Waals surface area (Å²) in [5.41, 5.74) is 2.12. The van der Waals surface area contributed by atoms with Gasteiger partial charge in [-0.2, -0.15) is 0 Å². The van der Waals surface area contributed by atoms with Crippen LogP contribution in [0, 0.1) is 17.6 Å². The first kappa shape index (κ1) is 17.8. The molecule has 29 heavy (non-hydrogen) atoms. The van der Waals surface area contributed by atoms with Gasteiger partial charge in [0.05, 0.1) is 18.0 Å². The topological polar surface area (TPSA) is 53.2 Å². The predicted molar refractivity (Wildman–Crippen MR) is 106 cm³/mol. The summed E-state index contributed by atoms with van der Waals surface area (Å²) in [4.78, 5) is 29.7. The number of hydrogen-bond acceptors (Lipinski definition) is 2. The summed E-state index contributed by atoms with van der Waals surface area (Å²) >= 11 is 0. The maximum Gasteiger partial charge on any atom is 0.252 e. The third-order valence-electron chi connectivity index (χ3n) is 5.87. The number of halogens is 2. The lowest BCUT2D eigenvalue weighted by atomic mass is 9.99. The highest BCUT2D eigenvalue weighted by Gasteiger charge is 2.41. The van der Waals surface area contributed by atoms with Gasteiger partial charge in [0, 0.05) is 17.5 Å². The molecule has 5 rings (SSSR count). The van der Waals surface area contributed by atoms with Crippen LogP contribution < -0.4 is 5.56 Å². The Kier molecular flexibility index (Phi) is 4.08. The molecule has 0 radical (unpaired) electrons. The van der Waals surface area contributed by atoms with E-state index in [1.54, 1.807) is 4.90 Å². The number of nitrogens with zero attached hydrogens (tertiary/aromatic N) is 1. The van der Waals surface area contributed by atoms with Gasteiger partial charge in [-0.05, 0) is 41.7 Å². The fourth-order valence-electron chi connectivity index (χ4n) is 4.50. The van der Waals surface area contributed by atoms with Gasteiger partial charge in [0.2, 0.25) is 5.91 Å². The number of carbonyl (C=O) groups excluding carboxylic acids is 1. The van der Waals surface area contributed by atoms with Crippen LogP contribution in [-0.2, 0) is 11.2 Å². The Morgan fingerprint density at radius 1 is 1.14 bits per heavy atom.